The third-order valence-corrected chi connectivity index (χ3v) is 5.87. The van der Waals surface area contributed by atoms with Crippen LogP contribution in [0.25, 0.3) is 10.9 Å². The first kappa shape index (κ1) is 27.6. The van der Waals surface area contributed by atoms with E-state index in [1.807, 2.05) is 37.3 Å². The molecule has 1 aromatic heterocycles. The van der Waals surface area contributed by atoms with E-state index >= 15 is 0 Å². The number of aromatic amines is 1. The topological polar surface area (TPSA) is 101 Å². The van der Waals surface area contributed by atoms with Gasteiger partial charge in [0.2, 0.25) is 5.91 Å². The molecule has 0 spiro atoms. The number of ether oxygens (including phenoxy) is 1. The number of H-pyrrole nitrogens is 1. The van der Waals surface area contributed by atoms with Crippen LogP contribution in [0.15, 0.2) is 72.9 Å². The number of aromatic nitrogens is 2. The molecule has 1 amide bonds. The van der Waals surface area contributed by atoms with Gasteiger partial charge in [-0.1, -0.05) is 62.7 Å². The molecule has 37 heavy (non-hydrogen) atoms. The standard InChI is InChI=1S/C15H20ClNO2.C14H10N2O2/c1-9-6-7-11(16)12(8-9)17-14(19)10(2)13(18)15(3,4)5;17-14(18-12-4-2-1-3-5-12)10-6-7-11-9-15-16-13(11)8-10/h6-8,10H,1-5H3,(H,17,19);1-9H,(H,15,16). The molecule has 4 aromatic rings. The number of anilines is 1. The number of fused-ring (bicyclic) bond motifs is 1. The molecule has 0 fully saturated rings. The minimum Gasteiger partial charge on any atom is -0.423 e. The highest BCUT2D eigenvalue weighted by molar-refractivity contribution is 6.33. The number of benzene rings is 3. The molecule has 0 aliphatic carbocycles. The fourth-order valence-electron chi connectivity index (χ4n) is 3.46. The van der Waals surface area contributed by atoms with Gasteiger partial charge in [-0.15, -0.1) is 0 Å². The van der Waals surface area contributed by atoms with Crippen molar-refractivity contribution in [3.05, 3.63) is 89.1 Å². The van der Waals surface area contributed by atoms with E-state index in [4.69, 9.17) is 16.3 Å². The first-order valence-corrected chi connectivity index (χ1v) is 12.1. The quantitative estimate of drug-likeness (QED) is 0.175. The number of hydrogen-bond acceptors (Lipinski definition) is 5. The van der Waals surface area contributed by atoms with E-state index in [1.165, 1.54) is 0 Å². The number of rotatable bonds is 5. The van der Waals surface area contributed by atoms with Crippen LogP contribution in [-0.2, 0) is 9.59 Å². The number of halogens is 1. The number of nitrogens with one attached hydrogen (secondary N) is 2. The van der Waals surface area contributed by atoms with E-state index in [1.54, 1.807) is 70.3 Å². The van der Waals surface area contributed by atoms with Gasteiger partial charge in [-0.3, -0.25) is 14.7 Å². The summed E-state index contributed by atoms with van der Waals surface area (Å²) < 4.78 is 5.25. The Bertz CT molecular complexity index is 1410. The van der Waals surface area contributed by atoms with E-state index < -0.39 is 11.3 Å². The summed E-state index contributed by atoms with van der Waals surface area (Å²) in [6, 6.07) is 19.7. The van der Waals surface area contributed by atoms with Crippen LogP contribution in [-0.4, -0.2) is 27.9 Å². The average molecular weight is 520 g/mol. The van der Waals surface area contributed by atoms with Crippen LogP contribution in [0, 0.1) is 18.3 Å². The predicted octanol–water partition coefficient (Wildman–Crippen LogP) is 6.62. The van der Waals surface area contributed by atoms with Gasteiger partial charge in [0.15, 0.2) is 0 Å². The fraction of sp³-hybridized carbons (Fsp3) is 0.241. The van der Waals surface area contributed by atoms with E-state index in [0.29, 0.717) is 22.0 Å². The fourth-order valence-corrected chi connectivity index (χ4v) is 3.63. The molecule has 0 aliphatic heterocycles. The highest BCUT2D eigenvalue weighted by atomic mass is 35.5. The van der Waals surface area contributed by atoms with Crippen molar-refractivity contribution >= 4 is 45.9 Å². The molecular formula is C29H30ClN3O4. The van der Waals surface area contributed by atoms with E-state index in [9.17, 15) is 14.4 Å². The molecule has 8 heteroatoms. The molecule has 4 rings (SSSR count). The number of hydrogen-bond donors (Lipinski definition) is 2. The lowest BCUT2D eigenvalue weighted by Crippen LogP contribution is -2.34. The van der Waals surface area contributed by atoms with Crippen LogP contribution in [0.4, 0.5) is 5.69 Å². The van der Waals surface area contributed by atoms with Crippen LogP contribution in [0.5, 0.6) is 5.75 Å². The molecule has 0 aliphatic rings. The number of ketones is 1. The number of carbonyl (C=O) groups is 3. The lowest BCUT2D eigenvalue weighted by atomic mass is 9.83. The number of para-hydroxylation sites is 1. The maximum atomic E-state index is 12.1. The molecule has 1 heterocycles. The van der Waals surface area contributed by atoms with Gasteiger partial charge in [0.05, 0.1) is 33.9 Å². The maximum Gasteiger partial charge on any atom is 0.343 e. The minimum atomic E-state index is -0.698. The number of nitrogens with zero attached hydrogens (tertiary/aromatic N) is 1. The highest BCUT2D eigenvalue weighted by Crippen LogP contribution is 2.25. The van der Waals surface area contributed by atoms with Gasteiger partial charge in [-0.25, -0.2) is 4.79 Å². The first-order chi connectivity index (χ1) is 17.5. The summed E-state index contributed by atoms with van der Waals surface area (Å²) in [5.74, 6) is -0.956. The third kappa shape index (κ3) is 7.51. The van der Waals surface area contributed by atoms with Gasteiger partial charge in [0, 0.05) is 10.8 Å². The van der Waals surface area contributed by atoms with Crippen molar-refractivity contribution < 1.29 is 19.1 Å². The molecule has 1 atom stereocenters. The molecule has 0 saturated carbocycles. The van der Waals surface area contributed by atoms with Crippen molar-refractivity contribution in [2.24, 2.45) is 11.3 Å². The Morgan fingerprint density at radius 2 is 1.70 bits per heavy atom. The van der Waals surface area contributed by atoms with Crippen molar-refractivity contribution in [1.29, 1.82) is 0 Å². The van der Waals surface area contributed by atoms with Crippen molar-refractivity contribution in [3.8, 4) is 5.75 Å². The Hall–Kier alpha value is -3.97. The number of esters is 1. The maximum absolute atomic E-state index is 12.1. The lowest BCUT2D eigenvalue weighted by molar-refractivity contribution is -0.135. The first-order valence-electron chi connectivity index (χ1n) is 11.8. The molecule has 0 bridgehead atoms. The second kappa shape index (κ2) is 11.8. The number of Topliss-reactive ketones (excluding diaryl/α,β-unsaturated/α-hetero) is 1. The molecule has 2 N–H and O–H groups in total. The van der Waals surface area contributed by atoms with Gasteiger partial charge >= 0.3 is 5.97 Å². The molecule has 3 aromatic carbocycles. The molecular weight excluding hydrogens is 490 g/mol. The minimum absolute atomic E-state index is 0.0891. The number of amides is 1. The van der Waals surface area contributed by atoms with Gasteiger partial charge in [0.25, 0.3) is 0 Å². The molecule has 192 valence electrons. The Labute approximate surface area is 221 Å². The zero-order chi connectivity index (χ0) is 27.2. The lowest BCUT2D eigenvalue weighted by Gasteiger charge is -2.21. The Balaban J connectivity index is 0.000000206. The predicted molar refractivity (Wildman–Crippen MR) is 146 cm³/mol. The zero-order valence-electron chi connectivity index (χ0n) is 21.5. The van der Waals surface area contributed by atoms with Crippen LogP contribution < -0.4 is 10.1 Å². The van der Waals surface area contributed by atoms with Gasteiger partial charge in [-0.2, -0.15) is 5.10 Å². The monoisotopic (exact) mass is 519 g/mol. The van der Waals surface area contributed by atoms with Crippen LogP contribution in [0.1, 0.15) is 43.6 Å². The number of aryl methyl sites for hydroxylation is 1. The van der Waals surface area contributed by atoms with E-state index in [-0.39, 0.29) is 17.7 Å². The summed E-state index contributed by atoms with van der Waals surface area (Å²) >= 11 is 6.01. The molecule has 7 nitrogen and oxygen atoms in total. The Morgan fingerprint density at radius 3 is 2.38 bits per heavy atom. The summed E-state index contributed by atoms with van der Waals surface area (Å²) in [6.45, 7) is 8.94. The van der Waals surface area contributed by atoms with Crippen molar-refractivity contribution in [1.82, 2.24) is 10.2 Å². The number of carbonyl (C=O) groups excluding carboxylic acids is 3. The van der Waals surface area contributed by atoms with Crippen molar-refractivity contribution in [2.45, 2.75) is 34.6 Å². The van der Waals surface area contributed by atoms with Crippen LogP contribution in [0.3, 0.4) is 0 Å². The molecule has 1 unspecified atom stereocenters. The Kier molecular flexibility index (Phi) is 8.84. The largest absolute Gasteiger partial charge is 0.423 e. The van der Waals surface area contributed by atoms with Crippen molar-refractivity contribution in [3.63, 3.8) is 0 Å². The second-order valence-corrected chi connectivity index (χ2v) is 10.1. The SMILES string of the molecule is Cc1ccc(Cl)c(NC(=O)C(C)C(=O)C(C)(C)C)c1.O=C(Oc1ccccc1)c1ccc2cn[nH]c2c1. The molecule has 0 saturated heterocycles. The Morgan fingerprint density at radius 1 is 1.00 bits per heavy atom. The normalized spacial score (nSPS) is 11.7. The molecule has 0 radical (unpaired) electrons. The smallest absolute Gasteiger partial charge is 0.343 e. The van der Waals surface area contributed by atoms with Gasteiger partial charge in [-0.05, 0) is 55.8 Å². The second-order valence-electron chi connectivity index (χ2n) is 9.68. The summed E-state index contributed by atoms with van der Waals surface area (Å²) in [4.78, 5) is 36.1. The van der Waals surface area contributed by atoms with Crippen LogP contribution >= 0.6 is 11.6 Å². The highest BCUT2D eigenvalue weighted by Gasteiger charge is 2.31. The summed E-state index contributed by atoms with van der Waals surface area (Å²) in [6.07, 6.45) is 1.71. The zero-order valence-corrected chi connectivity index (χ0v) is 22.2. The van der Waals surface area contributed by atoms with E-state index in [0.717, 1.165) is 16.5 Å². The van der Waals surface area contributed by atoms with Gasteiger partial charge < -0.3 is 10.1 Å². The van der Waals surface area contributed by atoms with Crippen molar-refractivity contribution in [2.75, 3.05) is 5.32 Å². The average Bonchev–Trinajstić information content (AvgIpc) is 3.34. The summed E-state index contributed by atoms with van der Waals surface area (Å²) in [5, 5.41) is 10.9. The third-order valence-electron chi connectivity index (χ3n) is 5.54. The summed E-state index contributed by atoms with van der Waals surface area (Å²) in [5.41, 5.74) is 2.32. The summed E-state index contributed by atoms with van der Waals surface area (Å²) in [7, 11) is 0. The van der Waals surface area contributed by atoms with Gasteiger partial charge in [0.1, 0.15) is 11.5 Å². The van der Waals surface area contributed by atoms with Crippen LogP contribution in [0.2, 0.25) is 5.02 Å². The van der Waals surface area contributed by atoms with E-state index in [2.05, 4.69) is 15.5 Å².